The summed E-state index contributed by atoms with van der Waals surface area (Å²) in [6.45, 7) is 0. The first-order chi connectivity index (χ1) is 16.1. The van der Waals surface area contributed by atoms with E-state index in [2.05, 4.69) is 30.8 Å². The largest absolute Gasteiger partial charge is 0.497 e. The number of methoxy groups -OCH3 is 4. The first-order valence-corrected chi connectivity index (χ1v) is 10.00. The summed E-state index contributed by atoms with van der Waals surface area (Å²) >= 11 is 0. The lowest BCUT2D eigenvalue weighted by atomic mass is 10.2. The van der Waals surface area contributed by atoms with Crippen molar-refractivity contribution in [2.45, 2.75) is 0 Å². The smallest absolute Gasteiger partial charge is 0.246 e. The van der Waals surface area contributed by atoms with Gasteiger partial charge in [-0.25, -0.2) is 4.98 Å². The van der Waals surface area contributed by atoms with E-state index in [-0.39, 0.29) is 0 Å². The van der Waals surface area contributed by atoms with E-state index in [1.54, 1.807) is 46.8 Å². The van der Waals surface area contributed by atoms with E-state index < -0.39 is 0 Å². The molecule has 0 bridgehead atoms. The zero-order valence-electron chi connectivity index (χ0n) is 18.7. The molecule has 0 aliphatic carbocycles. The molecular formula is C23H24N6O4. The molecule has 0 saturated heterocycles. The van der Waals surface area contributed by atoms with Gasteiger partial charge in [0, 0.05) is 54.0 Å². The Labute approximate surface area is 190 Å². The molecule has 10 heteroatoms. The highest BCUT2D eigenvalue weighted by molar-refractivity contribution is 5.75. The van der Waals surface area contributed by atoms with Crippen molar-refractivity contribution in [1.29, 1.82) is 0 Å². The first-order valence-electron chi connectivity index (χ1n) is 10.00. The van der Waals surface area contributed by atoms with E-state index >= 15 is 0 Å². The SMILES string of the molecule is COc1cc(Nc2n[nH]c(-c3cccnc3Nc3cc(OC)cc(OC)c3)n2)cc(OC)c1. The molecule has 0 spiro atoms. The van der Waals surface area contributed by atoms with Gasteiger partial charge in [-0.05, 0) is 12.1 Å². The molecule has 2 aromatic carbocycles. The summed E-state index contributed by atoms with van der Waals surface area (Å²) in [5.74, 6) is 4.15. The molecule has 2 aromatic heterocycles. The number of H-pyrrole nitrogens is 1. The second-order valence-electron chi connectivity index (χ2n) is 6.86. The lowest BCUT2D eigenvalue weighted by molar-refractivity contribution is 0.394. The number of nitrogens with one attached hydrogen (secondary N) is 3. The first kappa shape index (κ1) is 21.8. The summed E-state index contributed by atoms with van der Waals surface area (Å²) in [6.07, 6.45) is 1.70. The maximum Gasteiger partial charge on any atom is 0.246 e. The standard InChI is InChI=1S/C23H24N6O4/c1-30-16-8-14(9-17(12-16)31-2)25-21-20(6-5-7-24-21)22-27-23(29-28-22)26-15-10-18(32-3)13-19(11-15)33-4/h5-13H,1-4H3,(H,24,25)(H2,26,27,28,29). The molecule has 0 radical (unpaired) electrons. The van der Waals surface area contributed by atoms with Gasteiger partial charge in [0.2, 0.25) is 5.95 Å². The lowest BCUT2D eigenvalue weighted by Crippen LogP contribution is -1.98. The number of benzene rings is 2. The summed E-state index contributed by atoms with van der Waals surface area (Å²) in [7, 11) is 6.40. The van der Waals surface area contributed by atoms with Gasteiger partial charge in [0.25, 0.3) is 0 Å². The molecule has 4 aromatic rings. The molecule has 0 fully saturated rings. The van der Waals surface area contributed by atoms with Gasteiger partial charge in [-0.3, -0.25) is 5.10 Å². The van der Waals surface area contributed by atoms with Gasteiger partial charge in [0.05, 0.1) is 34.0 Å². The fourth-order valence-electron chi connectivity index (χ4n) is 3.16. The molecule has 10 nitrogen and oxygen atoms in total. The number of aromatic amines is 1. The Balaban J connectivity index is 1.60. The van der Waals surface area contributed by atoms with Crippen molar-refractivity contribution in [2.75, 3.05) is 39.1 Å². The fourth-order valence-corrected chi connectivity index (χ4v) is 3.16. The normalized spacial score (nSPS) is 10.4. The Morgan fingerprint density at radius 1 is 0.727 bits per heavy atom. The fraction of sp³-hybridized carbons (Fsp3) is 0.174. The van der Waals surface area contributed by atoms with Crippen molar-refractivity contribution in [1.82, 2.24) is 20.2 Å². The number of hydrogen-bond acceptors (Lipinski definition) is 9. The second-order valence-corrected chi connectivity index (χ2v) is 6.86. The third-order valence-corrected chi connectivity index (χ3v) is 4.77. The quantitative estimate of drug-likeness (QED) is 0.343. The monoisotopic (exact) mass is 448 g/mol. The summed E-state index contributed by atoms with van der Waals surface area (Å²) in [4.78, 5) is 9.03. The third kappa shape index (κ3) is 5.06. The Morgan fingerprint density at radius 2 is 1.27 bits per heavy atom. The topological polar surface area (TPSA) is 115 Å². The van der Waals surface area contributed by atoms with Crippen LogP contribution in [0.4, 0.5) is 23.1 Å². The van der Waals surface area contributed by atoms with Gasteiger partial charge < -0.3 is 29.6 Å². The predicted molar refractivity (Wildman–Crippen MR) is 125 cm³/mol. The zero-order valence-corrected chi connectivity index (χ0v) is 18.7. The van der Waals surface area contributed by atoms with Crippen molar-refractivity contribution in [2.24, 2.45) is 0 Å². The third-order valence-electron chi connectivity index (χ3n) is 4.77. The highest BCUT2D eigenvalue weighted by Crippen LogP contribution is 2.32. The van der Waals surface area contributed by atoms with Crippen molar-refractivity contribution in [3.8, 4) is 34.4 Å². The van der Waals surface area contributed by atoms with Crippen LogP contribution in [0.1, 0.15) is 0 Å². The van der Waals surface area contributed by atoms with Crippen molar-refractivity contribution in [3.63, 3.8) is 0 Å². The zero-order chi connectivity index (χ0) is 23.2. The van der Waals surface area contributed by atoms with Gasteiger partial charge >= 0.3 is 0 Å². The maximum atomic E-state index is 5.35. The highest BCUT2D eigenvalue weighted by Gasteiger charge is 2.13. The molecule has 0 aliphatic heterocycles. The van der Waals surface area contributed by atoms with E-state index in [4.69, 9.17) is 18.9 Å². The lowest BCUT2D eigenvalue weighted by Gasteiger charge is -2.12. The van der Waals surface area contributed by atoms with E-state index in [1.807, 2.05) is 36.4 Å². The van der Waals surface area contributed by atoms with E-state index in [0.717, 1.165) is 16.9 Å². The van der Waals surface area contributed by atoms with Crippen LogP contribution in [-0.4, -0.2) is 48.6 Å². The Bertz CT molecular complexity index is 1200. The number of ether oxygens (including phenoxy) is 4. The van der Waals surface area contributed by atoms with Crippen LogP contribution >= 0.6 is 0 Å². The minimum Gasteiger partial charge on any atom is -0.497 e. The van der Waals surface area contributed by atoms with E-state index in [1.165, 1.54) is 0 Å². The van der Waals surface area contributed by atoms with Crippen LogP contribution in [0.2, 0.25) is 0 Å². The van der Waals surface area contributed by atoms with Crippen molar-refractivity contribution >= 4 is 23.1 Å². The predicted octanol–water partition coefficient (Wildman–Crippen LogP) is 4.39. The molecule has 0 unspecified atom stereocenters. The summed E-state index contributed by atoms with van der Waals surface area (Å²) in [6, 6.07) is 14.7. The van der Waals surface area contributed by atoms with Crippen LogP contribution in [-0.2, 0) is 0 Å². The number of anilines is 4. The molecule has 2 heterocycles. The number of pyridine rings is 1. The van der Waals surface area contributed by atoms with Crippen LogP contribution in [0.25, 0.3) is 11.4 Å². The van der Waals surface area contributed by atoms with Gasteiger partial charge in [-0.2, -0.15) is 4.98 Å². The maximum absolute atomic E-state index is 5.35. The number of hydrogen-bond donors (Lipinski definition) is 3. The molecule has 0 saturated carbocycles. The van der Waals surface area contributed by atoms with Crippen LogP contribution in [0.5, 0.6) is 23.0 Å². The molecule has 170 valence electrons. The number of nitrogens with zero attached hydrogens (tertiary/aromatic N) is 3. The molecule has 4 rings (SSSR count). The molecule has 0 amide bonds. The minimum atomic E-state index is 0.387. The Morgan fingerprint density at radius 3 is 1.82 bits per heavy atom. The van der Waals surface area contributed by atoms with Gasteiger partial charge in [-0.1, -0.05) is 0 Å². The van der Waals surface area contributed by atoms with Crippen LogP contribution in [0, 0.1) is 0 Å². The highest BCUT2D eigenvalue weighted by atomic mass is 16.5. The van der Waals surface area contributed by atoms with E-state index in [0.29, 0.717) is 40.6 Å². The summed E-state index contributed by atoms with van der Waals surface area (Å²) in [5, 5.41) is 13.7. The molecule has 33 heavy (non-hydrogen) atoms. The van der Waals surface area contributed by atoms with Gasteiger partial charge in [-0.15, -0.1) is 5.10 Å². The van der Waals surface area contributed by atoms with E-state index in [9.17, 15) is 0 Å². The van der Waals surface area contributed by atoms with Crippen molar-refractivity contribution < 1.29 is 18.9 Å². The van der Waals surface area contributed by atoms with Crippen LogP contribution < -0.4 is 29.6 Å². The summed E-state index contributed by atoms with van der Waals surface area (Å²) < 4.78 is 21.3. The molecule has 3 N–H and O–H groups in total. The molecule has 0 aliphatic rings. The minimum absolute atomic E-state index is 0.387. The average Bonchev–Trinajstić information content (AvgIpc) is 3.31. The summed E-state index contributed by atoms with van der Waals surface area (Å²) in [5.41, 5.74) is 2.22. The average molecular weight is 448 g/mol. The van der Waals surface area contributed by atoms with Gasteiger partial charge in [0.1, 0.15) is 28.8 Å². The Kier molecular flexibility index (Phi) is 6.44. The van der Waals surface area contributed by atoms with Gasteiger partial charge in [0.15, 0.2) is 5.82 Å². The number of aromatic nitrogens is 4. The second kappa shape index (κ2) is 9.77. The molecule has 0 atom stereocenters. The van der Waals surface area contributed by atoms with Crippen molar-refractivity contribution in [3.05, 3.63) is 54.7 Å². The number of rotatable bonds is 9. The van der Waals surface area contributed by atoms with Crippen LogP contribution in [0.3, 0.4) is 0 Å². The van der Waals surface area contributed by atoms with Crippen LogP contribution in [0.15, 0.2) is 54.7 Å². The Hall–Kier alpha value is -4.47. The molecular weight excluding hydrogens is 424 g/mol.